The largest absolute Gasteiger partial charge is 0.323 e. The average Bonchev–Trinajstić information content (AvgIpc) is 2.75. The van der Waals surface area contributed by atoms with E-state index in [1.165, 1.54) is 24.3 Å². The first kappa shape index (κ1) is 23.4. The van der Waals surface area contributed by atoms with E-state index in [4.69, 9.17) is 16.7 Å². The highest BCUT2D eigenvalue weighted by atomic mass is 35.5. The van der Waals surface area contributed by atoms with Crippen molar-refractivity contribution >= 4 is 38.9 Å². The van der Waals surface area contributed by atoms with Crippen molar-refractivity contribution in [3.05, 3.63) is 99.1 Å². The first-order chi connectivity index (χ1) is 15.1. The Morgan fingerprint density at radius 3 is 2.28 bits per heavy atom. The predicted octanol–water partition coefficient (Wildman–Crippen LogP) is 3.37. The zero-order valence-corrected chi connectivity index (χ0v) is 18.1. The Kier molecular flexibility index (Phi) is 7.21. The number of nitro groups is 1. The van der Waals surface area contributed by atoms with E-state index in [9.17, 15) is 23.3 Å². The third kappa shape index (κ3) is 5.89. The second kappa shape index (κ2) is 9.88. The Bertz CT molecular complexity index is 1230. The quantitative estimate of drug-likeness (QED) is 0.337. The lowest BCUT2D eigenvalue weighted by atomic mass is 10.1. The number of benzene rings is 3. The van der Waals surface area contributed by atoms with E-state index in [-0.39, 0.29) is 27.8 Å². The fourth-order valence-corrected chi connectivity index (χ4v) is 3.69. The van der Waals surface area contributed by atoms with Gasteiger partial charge in [0.1, 0.15) is 6.04 Å². The SMILES string of the molecule is NS(=O)(=O)c1ccc(CNC(C(=O)Nc2ccc([N+](=O)[O-])cc2Cl)c2ccccc2)cc1. The molecule has 0 saturated heterocycles. The summed E-state index contributed by atoms with van der Waals surface area (Å²) in [7, 11) is -3.79. The number of primary sulfonamides is 1. The van der Waals surface area contributed by atoms with Crippen LogP contribution < -0.4 is 15.8 Å². The van der Waals surface area contributed by atoms with Crippen LogP contribution in [0, 0.1) is 10.1 Å². The fraction of sp³-hybridized carbons (Fsp3) is 0.0952. The monoisotopic (exact) mass is 474 g/mol. The molecule has 3 aromatic carbocycles. The van der Waals surface area contributed by atoms with Gasteiger partial charge in [0.15, 0.2) is 0 Å². The summed E-state index contributed by atoms with van der Waals surface area (Å²) in [6.45, 7) is 0.256. The van der Waals surface area contributed by atoms with Crippen LogP contribution in [-0.2, 0) is 21.4 Å². The molecule has 0 aliphatic heterocycles. The third-order valence-corrected chi connectivity index (χ3v) is 5.82. The number of hydrogen-bond donors (Lipinski definition) is 3. The van der Waals surface area contributed by atoms with Gasteiger partial charge in [-0.25, -0.2) is 13.6 Å². The highest BCUT2D eigenvalue weighted by Gasteiger charge is 2.22. The predicted molar refractivity (Wildman–Crippen MR) is 121 cm³/mol. The summed E-state index contributed by atoms with van der Waals surface area (Å²) < 4.78 is 22.8. The number of anilines is 1. The summed E-state index contributed by atoms with van der Waals surface area (Å²) in [4.78, 5) is 23.3. The van der Waals surface area contributed by atoms with Crippen LogP contribution in [0.15, 0.2) is 77.7 Å². The number of nitrogens with one attached hydrogen (secondary N) is 2. The molecule has 9 nitrogen and oxygen atoms in total. The zero-order valence-electron chi connectivity index (χ0n) is 16.6. The van der Waals surface area contributed by atoms with E-state index >= 15 is 0 Å². The normalized spacial score (nSPS) is 12.2. The van der Waals surface area contributed by atoms with E-state index in [2.05, 4.69) is 10.6 Å². The summed E-state index contributed by atoms with van der Waals surface area (Å²) >= 11 is 6.09. The standard InChI is InChI=1S/C21H19ClN4O5S/c22-18-12-16(26(28)29)8-11-19(18)25-21(27)20(15-4-2-1-3-5-15)24-13-14-6-9-17(10-7-14)32(23,30)31/h1-12,20,24H,13H2,(H,25,27)(H2,23,30,31). The van der Waals surface area contributed by atoms with Crippen LogP contribution in [0.2, 0.25) is 5.02 Å². The number of amides is 1. The number of carbonyl (C=O) groups is 1. The molecule has 0 radical (unpaired) electrons. The molecule has 0 saturated carbocycles. The first-order valence-corrected chi connectivity index (χ1v) is 11.2. The molecule has 0 heterocycles. The summed E-state index contributed by atoms with van der Waals surface area (Å²) in [6.07, 6.45) is 0. The summed E-state index contributed by atoms with van der Waals surface area (Å²) in [5, 5.41) is 21.9. The van der Waals surface area contributed by atoms with E-state index < -0.39 is 26.9 Å². The molecule has 0 aromatic heterocycles. The van der Waals surface area contributed by atoms with E-state index in [0.717, 1.165) is 11.6 Å². The molecule has 0 spiro atoms. The maximum absolute atomic E-state index is 13.0. The molecule has 0 aliphatic rings. The molecule has 0 aliphatic carbocycles. The van der Waals surface area contributed by atoms with Gasteiger partial charge in [0.05, 0.1) is 20.5 Å². The van der Waals surface area contributed by atoms with Gasteiger partial charge in [-0.05, 0) is 29.3 Å². The Morgan fingerprint density at radius 2 is 1.72 bits per heavy atom. The van der Waals surface area contributed by atoms with E-state index in [0.29, 0.717) is 5.56 Å². The van der Waals surface area contributed by atoms with Crippen LogP contribution in [0.4, 0.5) is 11.4 Å². The van der Waals surface area contributed by atoms with Crippen LogP contribution in [0.5, 0.6) is 0 Å². The number of carbonyl (C=O) groups excluding carboxylic acids is 1. The molecule has 4 N–H and O–H groups in total. The Balaban J connectivity index is 1.79. The van der Waals surface area contributed by atoms with Gasteiger partial charge in [-0.15, -0.1) is 0 Å². The average molecular weight is 475 g/mol. The van der Waals surface area contributed by atoms with Crippen LogP contribution in [0.1, 0.15) is 17.2 Å². The van der Waals surface area contributed by atoms with Gasteiger partial charge in [-0.3, -0.25) is 20.2 Å². The maximum atomic E-state index is 13.0. The van der Waals surface area contributed by atoms with Gasteiger partial charge < -0.3 is 5.32 Å². The molecule has 0 fully saturated rings. The van der Waals surface area contributed by atoms with Crippen LogP contribution in [0.3, 0.4) is 0 Å². The molecule has 166 valence electrons. The van der Waals surface area contributed by atoms with Crippen molar-refractivity contribution in [1.29, 1.82) is 0 Å². The summed E-state index contributed by atoms with van der Waals surface area (Å²) in [5.41, 5.74) is 1.47. The van der Waals surface area contributed by atoms with Crippen molar-refractivity contribution in [2.75, 3.05) is 5.32 Å². The second-order valence-electron chi connectivity index (χ2n) is 6.82. The Labute approximate surface area is 189 Å². The van der Waals surface area contributed by atoms with E-state index in [1.807, 2.05) is 6.07 Å². The molecule has 0 bridgehead atoms. The first-order valence-electron chi connectivity index (χ1n) is 9.30. The zero-order chi connectivity index (χ0) is 23.3. The van der Waals surface area contributed by atoms with Gasteiger partial charge >= 0.3 is 0 Å². The number of nitrogens with zero attached hydrogens (tertiary/aromatic N) is 1. The number of sulfonamides is 1. The number of rotatable bonds is 8. The van der Waals surface area contributed by atoms with Crippen molar-refractivity contribution in [1.82, 2.24) is 5.32 Å². The smallest absolute Gasteiger partial charge is 0.271 e. The maximum Gasteiger partial charge on any atom is 0.271 e. The minimum absolute atomic E-state index is 0.00795. The van der Waals surface area contributed by atoms with Crippen molar-refractivity contribution < 1.29 is 18.1 Å². The number of hydrogen-bond acceptors (Lipinski definition) is 6. The van der Waals surface area contributed by atoms with E-state index in [1.54, 1.807) is 36.4 Å². The molecule has 32 heavy (non-hydrogen) atoms. The molecular weight excluding hydrogens is 456 g/mol. The minimum atomic E-state index is -3.79. The van der Waals surface area contributed by atoms with Crippen LogP contribution in [-0.4, -0.2) is 19.2 Å². The lowest BCUT2D eigenvalue weighted by Crippen LogP contribution is -2.32. The number of nitrogens with two attached hydrogens (primary N) is 1. The van der Waals surface area contributed by atoms with Crippen molar-refractivity contribution in [3.8, 4) is 0 Å². The lowest BCUT2D eigenvalue weighted by molar-refractivity contribution is -0.384. The highest BCUT2D eigenvalue weighted by Crippen LogP contribution is 2.28. The van der Waals surface area contributed by atoms with Gasteiger partial charge in [-0.2, -0.15) is 0 Å². The highest BCUT2D eigenvalue weighted by molar-refractivity contribution is 7.89. The fourth-order valence-electron chi connectivity index (χ4n) is 2.95. The van der Waals surface area contributed by atoms with Gasteiger partial charge in [0.25, 0.3) is 5.69 Å². The lowest BCUT2D eigenvalue weighted by Gasteiger charge is -2.19. The Morgan fingerprint density at radius 1 is 1.06 bits per heavy atom. The molecule has 3 aromatic rings. The molecule has 1 amide bonds. The molecule has 3 rings (SSSR count). The van der Waals surface area contributed by atoms with Crippen LogP contribution in [0.25, 0.3) is 0 Å². The molecule has 11 heteroatoms. The Hall–Kier alpha value is -3.31. The topological polar surface area (TPSA) is 144 Å². The van der Waals surface area contributed by atoms with Gasteiger partial charge in [0.2, 0.25) is 15.9 Å². The molecular formula is C21H19ClN4O5S. The van der Waals surface area contributed by atoms with Gasteiger partial charge in [-0.1, -0.05) is 54.1 Å². The summed E-state index contributed by atoms with van der Waals surface area (Å²) in [6, 6.07) is 17.9. The van der Waals surface area contributed by atoms with Crippen molar-refractivity contribution in [2.45, 2.75) is 17.5 Å². The minimum Gasteiger partial charge on any atom is -0.323 e. The van der Waals surface area contributed by atoms with Crippen molar-refractivity contribution in [3.63, 3.8) is 0 Å². The number of nitro benzene ring substituents is 1. The molecule has 1 atom stereocenters. The number of non-ortho nitro benzene ring substituents is 1. The third-order valence-electron chi connectivity index (χ3n) is 4.58. The second-order valence-corrected chi connectivity index (χ2v) is 8.79. The van der Waals surface area contributed by atoms with Crippen molar-refractivity contribution in [2.24, 2.45) is 5.14 Å². The van der Waals surface area contributed by atoms with Gasteiger partial charge in [0, 0.05) is 18.7 Å². The molecule has 1 unspecified atom stereocenters. The van der Waals surface area contributed by atoms with Crippen LogP contribution >= 0.6 is 11.6 Å². The number of halogens is 1. The summed E-state index contributed by atoms with van der Waals surface area (Å²) in [5.74, 6) is -0.423.